The Morgan fingerprint density at radius 3 is 2.60 bits per heavy atom. The minimum Gasteiger partial charge on any atom is -0.308 e. The van der Waals surface area contributed by atoms with E-state index in [9.17, 15) is 8.42 Å². The molecule has 0 amide bonds. The number of nitrogens with two attached hydrogens (primary N) is 1. The van der Waals surface area contributed by atoms with Gasteiger partial charge in [0, 0.05) is 18.8 Å². The summed E-state index contributed by atoms with van der Waals surface area (Å²) in [6.45, 7) is 3.47. The third-order valence-electron chi connectivity index (χ3n) is 2.97. The summed E-state index contributed by atoms with van der Waals surface area (Å²) in [6, 6.07) is 6.65. The number of benzene rings is 1. The standard InChI is InChI=1S/C12H17N5O2S/c1-10(14-6-8-17-9-7-15-16-17)11-2-4-12(5-3-11)20(13,18)19/h2-5,7,9-10,14H,6,8H2,1H3,(H2,13,18,19). The minimum atomic E-state index is -3.63. The van der Waals surface area contributed by atoms with E-state index >= 15 is 0 Å². The van der Waals surface area contributed by atoms with Gasteiger partial charge >= 0.3 is 0 Å². The lowest BCUT2D eigenvalue weighted by molar-refractivity contribution is 0.499. The molecule has 108 valence electrons. The fourth-order valence-corrected chi connectivity index (χ4v) is 2.33. The van der Waals surface area contributed by atoms with E-state index in [1.807, 2.05) is 6.92 Å². The van der Waals surface area contributed by atoms with E-state index < -0.39 is 10.0 Å². The van der Waals surface area contributed by atoms with Crippen LogP contribution in [0.5, 0.6) is 0 Å². The molecule has 0 aliphatic rings. The number of sulfonamides is 1. The molecule has 0 saturated carbocycles. The van der Waals surface area contributed by atoms with Gasteiger partial charge in [-0.25, -0.2) is 13.6 Å². The quantitative estimate of drug-likeness (QED) is 0.796. The van der Waals surface area contributed by atoms with Crippen LogP contribution in [0.2, 0.25) is 0 Å². The molecular formula is C12H17N5O2S. The lowest BCUT2D eigenvalue weighted by atomic mass is 10.1. The Balaban J connectivity index is 1.90. The summed E-state index contributed by atoms with van der Waals surface area (Å²) in [5, 5.41) is 16.0. The molecule has 0 aliphatic carbocycles. The zero-order valence-corrected chi connectivity index (χ0v) is 11.9. The van der Waals surface area contributed by atoms with Crippen LogP contribution in [-0.2, 0) is 16.6 Å². The van der Waals surface area contributed by atoms with Crippen molar-refractivity contribution < 1.29 is 8.42 Å². The number of nitrogens with one attached hydrogen (secondary N) is 1. The van der Waals surface area contributed by atoms with Crippen molar-refractivity contribution in [2.45, 2.75) is 24.4 Å². The number of rotatable bonds is 6. The van der Waals surface area contributed by atoms with Gasteiger partial charge in [-0.1, -0.05) is 17.3 Å². The number of nitrogens with zero attached hydrogens (tertiary/aromatic N) is 3. The van der Waals surface area contributed by atoms with Crippen molar-refractivity contribution in [3.8, 4) is 0 Å². The van der Waals surface area contributed by atoms with E-state index in [0.717, 1.165) is 18.7 Å². The molecule has 0 radical (unpaired) electrons. The topological polar surface area (TPSA) is 103 Å². The lowest BCUT2D eigenvalue weighted by Crippen LogP contribution is -2.23. The number of aromatic nitrogens is 3. The minimum absolute atomic E-state index is 0.105. The molecule has 1 atom stereocenters. The molecule has 2 aromatic rings. The highest BCUT2D eigenvalue weighted by atomic mass is 32.2. The second-order valence-corrected chi connectivity index (χ2v) is 6.02. The summed E-state index contributed by atoms with van der Waals surface area (Å²) in [5.41, 5.74) is 0.996. The van der Waals surface area contributed by atoms with Gasteiger partial charge in [0.05, 0.1) is 17.6 Å². The Labute approximate surface area is 117 Å². The Morgan fingerprint density at radius 2 is 2.05 bits per heavy atom. The first-order chi connectivity index (χ1) is 9.47. The maximum Gasteiger partial charge on any atom is 0.238 e. The number of hydrogen-bond acceptors (Lipinski definition) is 5. The zero-order valence-electron chi connectivity index (χ0n) is 11.1. The van der Waals surface area contributed by atoms with Crippen LogP contribution in [0.4, 0.5) is 0 Å². The predicted octanol–water partition coefficient (Wildman–Crippen LogP) is 0.276. The highest BCUT2D eigenvalue weighted by Gasteiger charge is 2.09. The highest BCUT2D eigenvalue weighted by Crippen LogP contribution is 2.15. The molecule has 0 fully saturated rings. The first-order valence-electron chi connectivity index (χ1n) is 6.17. The Hall–Kier alpha value is -1.77. The summed E-state index contributed by atoms with van der Waals surface area (Å²) in [5.74, 6) is 0. The molecule has 0 saturated heterocycles. The second-order valence-electron chi connectivity index (χ2n) is 4.46. The average Bonchev–Trinajstić information content (AvgIpc) is 2.91. The van der Waals surface area contributed by atoms with Gasteiger partial charge in [-0.3, -0.25) is 4.68 Å². The predicted molar refractivity (Wildman–Crippen MR) is 74.3 cm³/mol. The van der Waals surface area contributed by atoms with E-state index in [0.29, 0.717) is 0 Å². The maximum atomic E-state index is 11.2. The zero-order chi connectivity index (χ0) is 14.6. The van der Waals surface area contributed by atoms with E-state index in [1.165, 1.54) is 12.1 Å². The summed E-state index contributed by atoms with van der Waals surface area (Å²) in [4.78, 5) is 0.121. The Morgan fingerprint density at radius 1 is 1.35 bits per heavy atom. The molecular weight excluding hydrogens is 278 g/mol. The van der Waals surface area contributed by atoms with Crippen molar-refractivity contribution in [3.63, 3.8) is 0 Å². The molecule has 0 spiro atoms. The third kappa shape index (κ3) is 3.86. The first-order valence-corrected chi connectivity index (χ1v) is 7.72. The fraction of sp³-hybridized carbons (Fsp3) is 0.333. The molecule has 2 rings (SSSR count). The Bertz CT molecular complexity index is 637. The van der Waals surface area contributed by atoms with Crippen molar-refractivity contribution in [1.29, 1.82) is 0 Å². The SMILES string of the molecule is CC(NCCn1ccnn1)c1ccc(S(N)(=O)=O)cc1. The van der Waals surface area contributed by atoms with Crippen molar-refractivity contribution in [1.82, 2.24) is 20.3 Å². The van der Waals surface area contributed by atoms with E-state index in [4.69, 9.17) is 5.14 Å². The lowest BCUT2D eigenvalue weighted by Gasteiger charge is -2.14. The van der Waals surface area contributed by atoms with Gasteiger partial charge in [0.25, 0.3) is 0 Å². The monoisotopic (exact) mass is 295 g/mol. The smallest absolute Gasteiger partial charge is 0.238 e. The van der Waals surface area contributed by atoms with Crippen LogP contribution in [0.3, 0.4) is 0 Å². The summed E-state index contributed by atoms with van der Waals surface area (Å²) >= 11 is 0. The summed E-state index contributed by atoms with van der Waals surface area (Å²) in [6.07, 6.45) is 3.43. The van der Waals surface area contributed by atoms with E-state index in [-0.39, 0.29) is 10.9 Å². The van der Waals surface area contributed by atoms with Gasteiger partial charge in [-0.2, -0.15) is 0 Å². The van der Waals surface area contributed by atoms with Gasteiger partial charge in [0.15, 0.2) is 0 Å². The van der Waals surface area contributed by atoms with Gasteiger partial charge in [0.2, 0.25) is 10.0 Å². The van der Waals surface area contributed by atoms with Gasteiger partial charge < -0.3 is 5.32 Å². The molecule has 0 bridgehead atoms. The number of hydrogen-bond donors (Lipinski definition) is 2. The molecule has 8 heteroatoms. The maximum absolute atomic E-state index is 11.2. The fourth-order valence-electron chi connectivity index (χ4n) is 1.81. The van der Waals surface area contributed by atoms with Crippen LogP contribution in [0.25, 0.3) is 0 Å². The molecule has 1 heterocycles. The molecule has 1 aromatic heterocycles. The van der Waals surface area contributed by atoms with Crippen molar-refractivity contribution >= 4 is 10.0 Å². The Kier molecular flexibility index (Phi) is 4.48. The molecule has 3 N–H and O–H groups in total. The third-order valence-corrected chi connectivity index (χ3v) is 3.90. The van der Waals surface area contributed by atoms with E-state index in [1.54, 1.807) is 29.2 Å². The molecule has 1 unspecified atom stereocenters. The summed E-state index contributed by atoms with van der Waals surface area (Å²) < 4.78 is 24.1. The van der Waals surface area contributed by atoms with Crippen LogP contribution in [-0.4, -0.2) is 30.0 Å². The van der Waals surface area contributed by atoms with Crippen LogP contribution in [0, 0.1) is 0 Å². The van der Waals surface area contributed by atoms with Gasteiger partial charge in [-0.15, -0.1) is 5.10 Å². The largest absolute Gasteiger partial charge is 0.308 e. The van der Waals surface area contributed by atoms with E-state index in [2.05, 4.69) is 15.6 Å². The average molecular weight is 295 g/mol. The van der Waals surface area contributed by atoms with Crippen LogP contribution in [0.15, 0.2) is 41.6 Å². The van der Waals surface area contributed by atoms with Crippen molar-refractivity contribution in [2.24, 2.45) is 5.14 Å². The molecule has 7 nitrogen and oxygen atoms in total. The number of primary sulfonamides is 1. The molecule has 1 aromatic carbocycles. The van der Waals surface area contributed by atoms with Gasteiger partial charge in [-0.05, 0) is 24.6 Å². The van der Waals surface area contributed by atoms with Crippen molar-refractivity contribution in [3.05, 3.63) is 42.2 Å². The van der Waals surface area contributed by atoms with Crippen molar-refractivity contribution in [2.75, 3.05) is 6.54 Å². The molecule has 20 heavy (non-hydrogen) atoms. The molecule has 0 aliphatic heterocycles. The first kappa shape index (κ1) is 14.6. The van der Waals surface area contributed by atoms with Crippen LogP contribution >= 0.6 is 0 Å². The van der Waals surface area contributed by atoms with Crippen LogP contribution < -0.4 is 10.5 Å². The second kappa shape index (κ2) is 6.12. The van der Waals surface area contributed by atoms with Crippen LogP contribution in [0.1, 0.15) is 18.5 Å². The summed E-state index contributed by atoms with van der Waals surface area (Å²) in [7, 11) is -3.63. The van der Waals surface area contributed by atoms with Gasteiger partial charge in [0.1, 0.15) is 0 Å². The normalized spacial score (nSPS) is 13.3. The highest BCUT2D eigenvalue weighted by molar-refractivity contribution is 7.89.